The third-order valence-electron chi connectivity index (χ3n) is 8.17. The fourth-order valence-electron chi connectivity index (χ4n) is 6.22. The zero-order valence-electron chi connectivity index (χ0n) is 21.1. The molecular weight excluding hydrogens is 488 g/mol. The van der Waals surface area contributed by atoms with Crippen molar-refractivity contribution in [2.24, 2.45) is 0 Å². The van der Waals surface area contributed by atoms with Gasteiger partial charge in [-0.25, -0.2) is 8.78 Å². The number of nitrogens with zero attached hydrogens (tertiary/aromatic N) is 4. The molecule has 3 aromatic carbocycles. The van der Waals surface area contributed by atoms with Crippen LogP contribution in [-0.4, -0.2) is 77.6 Å². The third kappa shape index (κ3) is 4.01. The molecule has 4 fully saturated rings. The second kappa shape index (κ2) is 9.03. The first-order valence-corrected chi connectivity index (χ1v) is 13.1. The number of benzene rings is 3. The predicted molar refractivity (Wildman–Crippen MR) is 143 cm³/mol. The Hall–Kier alpha value is -3.56. The second-order valence-electron chi connectivity index (χ2n) is 10.8. The van der Waals surface area contributed by atoms with Gasteiger partial charge in [-0.2, -0.15) is 9.97 Å². The van der Waals surface area contributed by atoms with Crippen LogP contribution in [0.3, 0.4) is 0 Å². The lowest BCUT2D eigenvalue weighted by atomic mass is 9.91. The number of hydrogen-bond donors (Lipinski definition) is 2. The maximum Gasteiger partial charge on any atom is 0.319 e. The SMILES string of the molecule is CN1C[C@H](F)C[C@H]1COc1nc(N2C[C@H]3C[C@@H](C2)N3)c2ccc(-c3cc(O)cc4ccccc34)c(F)c2n1. The topological polar surface area (TPSA) is 73.8 Å². The molecule has 5 heterocycles. The summed E-state index contributed by atoms with van der Waals surface area (Å²) in [7, 11) is 1.87. The standard InChI is InChI=1S/C29H29F2N5O2/c1-35-12-17(30)9-20(35)15-38-29-33-27-24(28(34-29)36-13-18-10-19(14-36)32-18)7-6-23(26(27)31)25-11-21(37)8-16-4-2-3-5-22(16)25/h2-8,11,17-20,32,37H,9-10,12-15H2,1H3/t17-,18-,19+,20+/m1/s1. The minimum atomic E-state index is -0.883. The average Bonchev–Trinajstić information content (AvgIpc) is 3.23. The monoisotopic (exact) mass is 517 g/mol. The molecule has 196 valence electrons. The van der Waals surface area contributed by atoms with Crippen molar-refractivity contribution in [1.82, 2.24) is 20.2 Å². The summed E-state index contributed by atoms with van der Waals surface area (Å²) in [5, 5.41) is 16.2. The molecule has 7 nitrogen and oxygen atoms in total. The van der Waals surface area contributed by atoms with E-state index in [0.29, 0.717) is 47.4 Å². The lowest BCUT2D eigenvalue weighted by molar-refractivity contribution is 0.187. The number of halogens is 2. The Kier molecular flexibility index (Phi) is 5.59. The van der Waals surface area contributed by atoms with E-state index in [4.69, 9.17) is 9.72 Å². The number of phenolic OH excluding ortho intramolecular Hbond substituents is 1. The zero-order chi connectivity index (χ0) is 26.0. The van der Waals surface area contributed by atoms with Gasteiger partial charge in [-0.3, -0.25) is 4.90 Å². The molecule has 0 spiro atoms. The number of likely N-dealkylation sites (tertiary alicyclic amines) is 1. The Morgan fingerprint density at radius 2 is 1.79 bits per heavy atom. The van der Waals surface area contributed by atoms with E-state index in [9.17, 15) is 9.50 Å². The number of piperazine rings is 1. The molecule has 1 aromatic heterocycles. The highest BCUT2D eigenvalue weighted by molar-refractivity contribution is 6.01. The number of anilines is 1. The van der Waals surface area contributed by atoms with Crippen molar-refractivity contribution in [3.8, 4) is 22.9 Å². The summed E-state index contributed by atoms with van der Waals surface area (Å²) in [6, 6.07) is 15.2. The summed E-state index contributed by atoms with van der Waals surface area (Å²) >= 11 is 0. The Bertz CT molecular complexity index is 1530. The molecule has 2 bridgehead atoms. The highest BCUT2D eigenvalue weighted by atomic mass is 19.1. The predicted octanol–water partition coefficient (Wildman–Crippen LogP) is 4.27. The van der Waals surface area contributed by atoms with Crippen molar-refractivity contribution in [1.29, 1.82) is 0 Å². The van der Waals surface area contributed by atoms with Crippen LogP contribution in [0.5, 0.6) is 11.8 Å². The highest BCUT2D eigenvalue weighted by Gasteiger charge is 2.38. The summed E-state index contributed by atoms with van der Waals surface area (Å²) in [6.07, 6.45) is 0.636. The maximum atomic E-state index is 16.4. The molecule has 8 rings (SSSR count). The van der Waals surface area contributed by atoms with Gasteiger partial charge in [-0.1, -0.05) is 30.3 Å². The number of likely N-dealkylation sites (N-methyl/N-ethyl adjacent to an activating group) is 1. The van der Waals surface area contributed by atoms with Gasteiger partial charge in [-0.15, -0.1) is 0 Å². The minimum Gasteiger partial charge on any atom is -0.508 e. The Morgan fingerprint density at radius 1 is 1.00 bits per heavy atom. The average molecular weight is 518 g/mol. The molecule has 9 heteroatoms. The first-order valence-electron chi connectivity index (χ1n) is 13.1. The van der Waals surface area contributed by atoms with Gasteiger partial charge in [0.25, 0.3) is 0 Å². The fourth-order valence-corrected chi connectivity index (χ4v) is 6.22. The van der Waals surface area contributed by atoms with Crippen LogP contribution in [0.25, 0.3) is 32.8 Å². The molecule has 0 unspecified atom stereocenters. The Balaban J connectivity index is 1.34. The van der Waals surface area contributed by atoms with Crippen LogP contribution in [0.1, 0.15) is 12.8 Å². The number of aromatic hydroxyl groups is 1. The van der Waals surface area contributed by atoms with Gasteiger partial charge in [0, 0.05) is 48.7 Å². The van der Waals surface area contributed by atoms with Gasteiger partial charge in [0.05, 0.1) is 0 Å². The van der Waals surface area contributed by atoms with Crippen LogP contribution in [0.15, 0.2) is 48.5 Å². The molecule has 4 atom stereocenters. The number of fused-ring (bicyclic) bond motifs is 4. The number of nitrogens with one attached hydrogen (secondary N) is 1. The van der Waals surface area contributed by atoms with Crippen LogP contribution < -0.4 is 15.0 Å². The van der Waals surface area contributed by atoms with Gasteiger partial charge in [0.15, 0.2) is 5.82 Å². The summed E-state index contributed by atoms with van der Waals surface area (Å²) in [5.41, 5.74) is 1.11. The van der Waals surface area contributed by atoms with Crippen molar-refractivity contribution in [2.75, 3.05) is 38.2 Å². The van der Waals surface area contributed by atoms with E-state index in [1.54, 1.807) is 18.2 Å². The molecule has 0 aliphatic carbocycles. The van der Waals surface area contributed by atoms with Crippen LogP contribution in [0, 0.1) is 5.82 Å². The minimum absolute atomic E-state index is 0.0671. The largest absolute Gasteiger partial charge is 0.508 e. The van der Waals surface area contributed by atoms with Gasteiger partial charge in [0.1, 0.15) is 29.9 Å². The molecule has 4 aliphatic rings. The molecule has 2 N–H and O–H groups in total. The van der Waals surface area contributed by atoms with Gasteiger partial charge >= 0.3 is 6.01 Å². The van der Waals surface area contributed by atoms with Crippen LogP contribution in [-0.2, 0) is 0 Å². The molecule has 4 aromatic rings. The van der Waals surface area contributed by atoms with Crippen LogP contribution >= 0.6 is 0 Å². The zero-order valence-corrected chi connectivity index (χ0v) is 21.1. The normalized spacial score (nSPS) is 25.2. The van der Waals surface area contributed by atoms with E-state index in [2.05, 4.69) is 15.2 Å². The first-order chi connectivity index (χ1) is 18.4. The molecule has 4 aliphatic heterocycles. The number of piperidine rings is 1. The third-order valence-corrected chi connectivity index (χ3v) is 8.17. The summed E-state index contributed by atoms with van der Waals surface area (Å²) in [4.78, 5) is 13.4. The van der Waals surface area contributed by atoms with Gasteiger partial charge < -0.3 is 20.1 Å². The van der Waals surface area contributed by atoms with Crippen molar-refractivity contribution in [3.63, 3.8) is 0 Å². The summed E-state index contributed by atoms with van der Waals surface area (Å²) < 4.78 is 36.3. The highest BCUT2D eigenvalue weighted by Crippen LogP contribution is 2.39. The molecule has 0 saturated carbocycles. The van der Waals surface area contributed by atoms with Crippen molar-refractivity contribution in [3.05, 3.63) is 54.3 Å². The molecular formula is C29H29F2N5O2. The van der Waals surface area contributed by atoms with Gasteiger partial charge in [0.2, 0.25) is 0 Å². The quantitative estimate of drug-likeness (QED) is 0.410. The fraction of sp³-hybridized carbons (Fsp3) is 0.379. The van der Waals surface area contributed by atoms with E-state index < -0.39 is 12.0 Å². The number of phenols is 1. The smallest absolute Gasteiger partial charge is 0.319 e. The van der Waals surface area contributed by atoms with Crippen LogP contribution in [0.4, 0.5) is 14.6 Å². The number of hydrogen-bond acceptors (Lipinski definition) is 7. The number of rotatable bonds is 5. The van der Waals surface area contributed by atoms with Crippen molar-refractivity contribution in [2.45, 2.75) is 37.1 Å². The number of alkyl halides is 1. The number of aromatic nitrogens is 2. The summed E-state index contributed by atoms with van der Waals surface area (Å²) in [5.74, 6) is 0.224. The second-order valence-corrected chi connectivity index (χ2v) is 10.8. The Morgan fingerprint density at radius 3 is 2.55 bits per heavy atom. The first kappa shape index (κ1) is 23.5. The van der Waals surface area contributed by atoms with E-state index >= 15 is 4.39 Å². The van der Waals surface area contributed by atoms with E-state index in [-0.39, 0.29) is 29.9 Å². The van der Waals surface area contributed by atoms with Crippen molar-refractivity contribution < 1.29 is 18.6 Å². The molecule has 0 amide bonds. The lowest BCUT2D eigenvalue weighted by Gasteiger charge is -2.48. The Labute approximate surface area is 219 Å². The molecule has 38 heavy (non-hydrogen) atoms. The van der Waals surface area contributed by atoms with Crippen LogP contribution in [0.2, 0.25) is 0 Å². The molecule has 4 saturated heterocycles. The summed E-state index contributed by atoms with van der Waals surface area (Å²) in [6.45, 7) is 2.15. The van der Waals surface area contributed by atoms with Gasteiger partial charge in [-0.05, 0) is 54.4 Å². The lowest BCUT2D eigenvalue weighted by Crippen LogP contribution is -2.67. The maximum absolute atomic E-state index is 16.4. The van der Waals surface area contributed by atoms with Crippen molar-refractivity contribution >= 4 is 27.5 Å². The van der Waals surface area contributed by atoms with E-state index in [1.165, 1.54) is 0 Å². The van der Waals surface area contributed by atoms with E-state index in [1.807, 2.05) is 42.3 Å². The number of ether oxygens (including phenoxy) is 1. The van der Waals surface area contributed by atoms with E-state index in [0.717, 1.165) is 30.3 Å². The molecule has 0 radical (unpaired) electrons.